The first-order chi connectivity index (χ1) is 13.7. The van der Waals surface area contributed by atoms with E-state index in [1.165, 1.54) is 29.5 Å². The van der Waals surface area contributed by atoms with Crippen molar-refractivity contribution in [1.82, 2.24) is 10.2 Å². The molecule has 0 aliphatic carbocycles. The normalized spacial score (nSPS) is 15.4. The molecule has 1 N–H and O–H groups in total. The lowest BCUT2D eigenvalue weighted by atomic mass is 10.0. The highest BCUT2D eigenvalue weighted by molar-refractivity contribution is 5.77. The molecule has 2 aromatic rings. The molecule has 1 saturated heterocycles. The number of nitrogens with one attached hydrogen (secondary N) is 1. The van der Waals surface area contributed by atoms with Crippen LogP contribution in [-0.2, 0) is 17.6 Å². The topological polar surface area (TPSA) is 41.6 Å². The smallest absolute Gasteiger partial charge is 0.258 e. The Hall–Kier alpha value is -2.33. The molecule has 1 atom stereocenters. The van der Waals surface area contributed by atoms with Crippen molar-refractivity contribution in [2.75, 3.05) is 26.2 Å². The largest absolute Gasteiger partial charge is 0.484 e. The highest BCUT2D eigenvalue weighted by atomic mass is 16.5. The summed E-state index contributed by atoms with van der Waals surface area (Å²) in [5, 5.41) is 3.07. The Kier molecular flexibility index (Phi) is 7.49. The SMILES string of the molecule is CCc1ccc(OCC(=O)NC[C@@H](c2ccc(CC)cc2)N2CCCC2)cc1. The third kappa shape index (κ3) is 5.59. The van der Waals surface area contributed by atoms with E-state index >= 15 is 0 Å². The Bertz CT molecular complexity index is 734. The Balaban J connectivity index is 1.55. The van der Waals surface area contributed by atoms with Crippen molar-refractivity contribution >= 4 is 5.91 Å². The quantitative estimate of drug-likeness (QED) is 0.711. The zero-order chi connectivity index (χ0) is 19.8. The first-order valence-electron chi connectivity index (χ1n) is 10.5. The van der Waals surface area contributed by atoms with Crippen LogP contribution in [0.2, 0.25) is 0 Å². The first-order valence-corrected chi connectivity index (χ1v) is 10.5. The maximum Gasteiger partial charge on any atom is 0.258 e. The molecule has 1 amide bonds. The molecule has 0 bridgehead atoms. The van der Waals surface area contributed by atoms with Gasteiger partial charge in [-0.2, -0.15) is 0 Å². The Labute approximate surface area is 168 Å². The summed E-state index contributed by atoms with van der Waals surface area (Å²) in [5.74, 6) is 0.660. The number of likely N-dealkylation sites (tertiary alicyclic amines) is 1. The average molecular weight is 381 g/mol. The zero-order valence-electron chi connectivity index (χ0n) is 17.1. The van der Waals surface area contributed by atoms with Crippen molar-refractivity contribution in [3.05, 3.63) is 65.2 Å². The fourth-order valence-electron chi connectivity index (χ4n) is 3.72. The Morgan fingerprint density at radius 2 is 1.54 bits per heavy atom. The minimum Gasteiger partial charge on any atom is -0.484 e. The van der Waals surface area contributed by atoms with Gasteiger partial charge in [-0.1, -0.05) is 50.2 Å². The molecule has 28 heavy (non-hydrogen) atoms. The van der Waals surface area contributed by atoms with Gasteiger partial charge in [0.25, 0.3) is 5.91 Å². The minimum absolute atomic E-state index is 0.0486. The molecule has 1 aliphatic rings. The number of ether oxygens (including phenoxy) is 1. The third-order valence-corrected chi connectivity index (χ3v) is 5.55. The van der Waals surface area contributed by atoms with Crippen LogP contribution in [0, 0.1) is 0 Å². The number of nitrogens with zero attached hydrogens (tertiary/aromatic N) is 1. The van der Waals surface area contributed by atoms with E-state index in [0.29, 0.717) is 6.54 Å². The second-order valence-corrected chi connectivity index (χ2v) is 7.44. The lowest BCUT2D eigenvalue weighted by molar-refractivity contribution is -0.123. The molecule has 0 radical (unpaired) electrons. The van der Waals surface area contributed by atoms with E-state index in [9.17, 15) is 4.79 Å². The first kappa shape index (κ1) is 20.4. The fourth-order valence-corrected chi connectivity index (χ4v) is 3.72. The number of hydrogen-bond donors (Lipinski definition) is 1. The van der Waals surface area contributed by atoms with Crippen LogP contribution in [0.15, 0.2) is 48.5 Å². The van der Waals surface area contributed by atoms with Gasteiger partial charge in [-0.25, -0.2) is 0 Å². The number of hydrogen-bond acceptors (Lipinski definition) is 3. The van der Waals surface area contributed by atoms with Gasteiger partial charge in [0.1, 0.15) is 5.75 Å². The number of rotatable bonds is 9. The molecule has 2 aromatic carbocycles. The number of benzene rings is 2. The van der Waals surface area contributed by atoms with Crippen LogP contribution in [0.5, 0.6) is 5.75 Å². The van der Waals surface area contributed by atoms with E-state index in [1.807, 2.05) is 24.3 Å². The maximum atomic E-state index is 12.3. The van der Waals surface area contributed by atoms with E-state index in [4.69, 9.17) is 4.74 Å². The summed E-state index contributed by atoms with van der Waals surface area (Å²) >= 11 is 0. The molecular formula is C24H32N2O2. The average Bonchev–Trinajstić information content (AvgIpc) is 3.28. The standard InChI is InChI=1S/C24H32N2O2/c1-3-19-7-11-21(12-8-19)23(26-15-5-6-16-26)17-25-24(27)18-28-22-13-9-20(4-2)10-14-22/h7-14,23H,3-6,15-18H2,1-2H3,(H,25,27)/t23-/m0/s1. The van der Waals surface area contributed by atoms with E-state index in [2.05, 4.69) is 48.3 Å². The predicted molar refractivity (Wildman–Crippen MR) is 114 cm³/mol. The van der Waals surface area contributed by atoms with Crippen molar-refractivity contribution in [3.8, 4) is 5.75 Å². The Morgan fingerprint density at radius 1 is 0.964 bits per heavy atom. The van der Waals surface area contributed by atoms with Crippen LogP contribution in [0.4, 0.5) is 0 Å². The number of amides is 1. The molecule has 1 fully saturated rings. The van der Waals surface area contributed by atoms with Gasteiger partial charge < -0.3 is 10.1 Å². The van der Waals surface area contributed by atoms with Crippen molar-refractivity contribution < 1.29 is 9.53 Å². The van der Waals surface area contributed by atoms with Crippen molar-refractivity contribution in [2.45, 2.75) is 45.6 Å². The zero-order valence-corrected chi connectivity index (χ0v) is 17.1. The van der Waals surface area contributed by atoms with E-state index in [0.717, 1.165) is 31.7 Å². The monoisotopic (exact) mass is 380 g/mol. The summed E-state index contributed by atoms with van der Waals surface area (Å²) in [6.07, 6.45) is 4.50. The van der Waals surface area contributed by atoms with Gasteiger partial charge >= 0.3 is 0 Å². The molecule has 3 rings (SSSR count). The lowest BCUT2D eigenvalue weighted by Crippen LogP contribution is -2.38. The van der Waals surface area contributed by atoms with Crippen molar-refractivity contribution in [1.29, 1.82) is 0 Å². The van der Waals surface area contributed by atoms with Gasteiger partial charge in [0.05, 0.1) is 6.04 Å². The van der Waals surface area contributed by atoms with Crippen LogP contribution >= 0.6 is 0 Å². The molecule has 0 unspecified atom stereocenters. The highest BCUT2D eigenvalue weighted by Gasteiger charge is 2.24. The van der Waals surface area contributed by atoms with Gasteiger partial charge in [-0.15, -0.1) is 0 Å². The van der Waals surface area contributed by atoms with Crippen LogP contribution in [-0.4, -0.2) is 37.0 Å². The van der Waals surface area contributed by atoms with Crippen molar-refractivity contribution in [2.24, 2.45) is 0 Å². The van der Waals surface area contributed by atoms with Gasteiger partial charge in [0, 0.05) is 6.54 Å². The summed E-state index contributed by atoms with van der Waals surface area (Å²) in [4.78, 5) is 14.8. The van der Waals surface area contributed by atoms with Gasteiger partial charge in [0.2, 0.25) is 0 Å². The second-order valence-electron chi connectivity index (χ2n) is 7.44. The second kappa shape index (κ2) is 10.3. The molecule has 0 spiro atoms. The summed E-state index contributed by atoms with van der Waals surface area (Å²) < 4.78 is 5.64. The molecule has 150 valence electrons. The summed E-state index contributed by atoms with van der Waals surface area (Å²) in [5.41, 5.74) is 3.88. The summed E-state index contributed by atoms with van der Waals surface area (Å²) in [7, 11) is 0. The third-order valence-electron chi connectivity index (χ3n) is 5.55. The van der Waals surface area contributed by atoms with E-state index < -0.39 is 0 Å². The molecule has 4 heteroatoms. The van der Waals surface area contributed by atoms with Gasteiger partial charge in [0.15, 0.2) is 6.61 Å². The number of aryl methyl sites for hydroxylation is 2. The van der Waals surface area contributed by atoms with Gasteiger partial charge in [-0.05, 0) is 67.6 Å². The van der Waals surface area contributed by atoms with E-state index in [-0.39, 0.29) is 18.6 Å². The molecule has 1 aliphatic heterocycles. The molecule has 4 nitrogen and oxygen atoms in total. The van der Waals surface area contributed by atoms with Crippen LogP contribution in [0.3, 0.4) is 0 Å². The predicted octanol–water partition coefficient (Wildman–Crippen LogP) is 4.14. The van der Waals surface area contributed by atoms with Crippen LogP contribution in [0.1, 0.15) is 49.4 Å². The molecule has 0 saturated carbocycles. The summed E-state index contributed by atoms with van der Waals surface area (Å²) in [6.45, 7) is 7.14. The van der Waals surface area contributed by atoms with E-state index in [1.54, 1.807) is 0 Å². The molecule has 1 heterocycles. The number of carbonyl (C=O) groups is 1. The summed E-state index contributed by atoms with van der Waals surface area (Å²) in [6, 6.07) is 17.0. The Morgan fingerprint density at radius 3 is 2.11 bits per heavy atom. The molecule has 0 aromatic heterocycles. The van der Waals surface area contributed by atoms with Crippen LogP contribution < -0.4 is 10.1 Å². The van der Waals surface area contributed by atoms with Gasteiger partial charge in [-0.3, -0.25) is 9.69 Å². The minimum atomic E-state index is -0.0751. The highest BCUT2D eigenvalue weighted by Crippen LogP contribution is 2.25. The number of carbonyl (C=O) groups excluding carboxylic acids is 1. The lowest BCUT2D eigenvalue weighted by Gasteiger charge is -2.28. The van der Waals surface area contributed by atoms with Crippen LogP contribution in [0.25, 0.3) is 0 Å². The molecular weight excluding hydrogens is 348 g/mol. The fraction of sp³-hybridized carbons (Fsp3) is 0.458. The van der Waals surface area contributed by atoms with Crippen molar-refractivity contribution in [3.63, 3.8) is 0 Å². The maximum absolute atomic E-state index is 12.3.